The normalized spacial score (nSPS) is 25.2. The Hall–Kier alpha value is -2.30. The van der Waals surface area contributed by atoms with Crippen LogP contribution in [0.2, 0.25) is 0 Å². The zero-order chi connectivity index (χ0) is 23.1. The van der Waals surface area contributed by atoms with E-state index in [1.54, 1.807) is 37.6 Å². The summed E-state index contributed by atoms with van der Waals surface area (Å²) in [5.41, 5.74) is 0.111. The third-order valence-corrected chi connectivity index (χ3v) is 8.24. The maximum atomic E-state index is 12.7. The molecule has 1 saturated heterocycles. The molecule has 2 N–H and O–H groups in total. The highest BCUT2D eigenvalue weighted by Crippen LogP contribution is 2.39. The van der Waals surface area contributed by atoms with Gasteiger partial charge in [-0.15, -0.1) is 0 Å². The highest BCUT2D eigenvalue weighted by atomic mass is 32.2. The highest BCUT2D eigenvalue weighted by Gasteiger charge is 2.39. The molecule has 1 saturated carbocycles. The molecule has 0 aromatic carbocycles. The average molecular weight is 462 g/mol. The first kappa shape index (κ1) is 22.9. The van der Waals surface area contributed by atoms with Gasteiger partial charge in [-0.1, -0.05) is 5.57 Å². The lowest BCUT2D eigenvalue weighted by Gasteiger charge is -2.31. The van der Waals surface area contributed by atoms with Gasteiger partial charge in [0.05, 0.1) is 11.6 Å². The number of piperidine rings is 1. The maximum Gasteiger partial charge on any atom is 0.252 e. The molecule has 2 aliphatic rings. The van der Waals surface area contributed by atoms with Crippen molar-refractivity contribution in [3.63, 3.8) is 0 Å². The summed E-state index contributed by atoms with van der Waals surface area (Å²) in [7, 11) is -3.39. The number of pyridine rings is 1. The number of hydrogen-bond donors (Lipinski definition) is 2. The van der Waals surface area contributed by atoms with Crippen molar-refractivity contribution < 1.29 is 13.5 Å². The van der Waals surface area contributed by atoms with Crippen LogP contribution in [-0.4, -0.2) is 57.1 Å². The fourth-order valence-corrected chi connectivity index (χ4v) is 6.22. The molecule has 2 atom stereocenters. The molecule has 32 heavy (non-hydrogen) atoms. The second-order valence-electron chi connectivity index (χ2n) is 9.34. The van der Waals surface area contributed by atoms with Crippen molar-refractivity contribution in [3.8, 4) is 0 Å². The summed E-state index contributed by atoms with van der Waals surface area (Å²) in [5.74, 6) is 0.403. The molecule has 9 nitrogen and oxygen atoms in total. The summed E-state index contributed by atoms with van der Waals surface area (Å²) in [6, 6.07) is 2.90. The van der Waals surface area contributed by atoms with Gasteiger partial charge in [-0.25, -0.2) is 13.4 Å². The minimum atomic E-state index is -3.39. The van der Waals surface area contributed by atoms with Gasteiger partial charge in [-0.05, 0) is 58.9 Å². The smallest absolute Gasteiger partial charge is 0.252 e. The fourth-order valence-electron chi connectivity index (χ4n) is 4.76. The molecule has 1 aliphatic heterocycles. The number of aliphatic hydroxyl groups is 1. The van der Waals surface area contributed by atoms with Crippen molar-refractivity contribution in [1.29, 1.82) is 0 Å². The predicted molar refractivity (Wildman–Crippen MR) is 124 cm³/mol. The third kappa shape index (κ3) is 4.57. The standard InChI is InChI=1S/C22H31N5O4S/c1-15(2)14-32(30,31)26-11-8-17(9-12-26)24-21-23-13-16-6-7-19(28)27(20(16)25-21)18-5-4-10-22(18,3)29/h6-7,13-14,17-18,29H,4-5,8-12H2,1-3H3,(H,23,24,25)/t18-,22-/m1/s1. The molecular weight excluding hydrogens is 430 g/mol. The van der Waals surface area contributed by atoms with Crippen LogP contribution in [0.3, 0.4) is 0 Å². The average Bonchev–Trinajstić information content (AvgIpc) is 3.06. The second-order valence-corrected chi connectivity index (χ2v) is 11.1. The van der Waals surface area contributed by atoms with E-state index in [0.717, 1.165) is 23.8 Å². The van der Waals surface area contributed by atoms with E-state index >= 15 is 0 Å². The Kier molecular flexibility index (Phi) is 6.12. The van der Waals surface area contributed by atoms with E-state index in [2.05, 4.69) is 15.3 Å². The van der Waals surface area contributed by atoms with E-state index in [1.807, 2.05) is 0 Å². The molecule has 4 rings (SSSR count). The van der Waals surface area contributed by atoms with Gasteiger partial charge in [-0.3, -0.25) is 9.36 Å². The molecule has 0 amide bonds. The molecule has 0 bridgehead atoms. The SMILES string of the molecule is CC(C)=CS(=O)(=O)N1CCC(Nc2ncc3ccc(=O)n([C@@H]4CCC[C@@]4(C)O)c3n2)CC1. The largest absolute Gasteiger partial charge is 0.388 e. The Bertz CT molecular complexity index is 1190. The van der Waals surface area contributed by atoms with E-state index in [1.165, 1.54) is 15.8 Å². The van der Waals surface area contributed by atoms with Crippen LogP contribution in [0.25, 0.3) is 11.0 Å². The van der Waals surface area contributed by atoms with Crippen molar-refractivity contribution in [3.05, 3.63) is 39.7 Å². The second kappa shape index (κ2) is 8.57. The number of sulfonamides is 1. The van der Waals surface area contributed by atoms with Crippen LogP contribution in [0.1, 0.15) is 58.9 Å². The molecule has 3 heterocycles. The van der Waals surface area contributed by atoms with Crippen LogP contribution >= 0.6 is 0 Å². The Labute approximate surface area is 188 Å². The quantitative estimate of drug-likeness (QED) is 0.702. The summed E-state index contributed by atoms with van der Waals surface area (Å²) < 4.78 is 27.9. The molecule has 10 heteroatoms. The predicted octanol–water partition coefficient (Wildman–Crippen LogP) is 2.40. The van der Waals surface area contributed by atoms with Gasteiger partial charge in [0.2, 0.25) is 16.0 Å². The summed E-state index contributed by atoms with van der Waals surface area (Å²) in [6.45, 7) is 6.16. The Balaban J connectivity index is 1.55. The molecular formula is C22H31N5O4S. The Morgan fingerprint density at radius 1 is 1.25 bits per heavy atom. The Morgan fingerprint density at radius 2 is 1.97 bits per heavy atom. The third-order valence-electron chi connectivity index (χ3n) is 6.39. The van der Waals surface area contributed by atoms with Gasteiger partial charge in [0.25, 0.3) is 5.56 Å². The van der Waals surface area contributed by atoms with Crippen LogP contribution in [-0.2, 0) is 10.0 Å². The van der Waals surface area contributed by atoms with E-state index in [0.29, 0.717) is 43.9 Å². The summed E-state index contributed by atoms with van der Waals surface area (Å²) >= 11 is 0. The van der Waals surface area contributed by atoms with Crippen molar-refractivity contribution >= 4 is 27.0 Å². The van der Waals surface area contributed by atoms with Gasteiger partial charge < -0.3 is 10.4 Å². The van der Waals surface area contributed by atoms with Crippen molar-refractivity contribution in [2.75, 3.05) is 18.4 Å². The van der Waals surface area contributed by atoms with E-state index in [-0.39, 0.29) is 17.6 Å². The number of fused-ring (bicyclic) bond motifs is 1. The molecule has 0 unspecified atom stereocenters. The van der Waals surface area contributed by atoms with E-state index in [9.17, 15) is 18.3 Å². The van der Waals surface area contributed by atoms with Crippen LogP contribution in [0.5, 0.6) is 0 Å². The first-order valence-corrected chi connectivity index (χ1v) is 12.6. The van der Waals surface area contributed by atoms with E-state index < -0.39 is 15.6 Å². The van der Waals surface area contributed by atoms with Gasteiger partial charge >= 0.3 is 0 Å². The van der Waals surface area contributed by atoms with Crippen LogP contribution in [0.15, 0.2) is 34.1 Å². The molecule has 0 spiro atoms. The molecule has 0 radical (unpaired) electrons. The first-order chi connectivity index (χ1) is 15.1. The minimum absolute atomic E-state index is 0.0316. The van der Waals surface area contributed by atoms with Crippen LogP contribution in [0.4, 0.5) is 5.95 Å². The molecule has 1 aliphatic carbocycles. The number of aromatic nitrogens is 3. The number of anilines is 1. The number of nitrogens with one attached hydrogen (secondary N) is 1. The zero-order valence-corrected chi connectivity index (χ0v) is 19.6. The first-order valence-electron chi connectivity index (χ1n) is 11.1. The van der Waals surface area contributed by atoms with Crippen LogP contribution < -0.4 is 10.9 Å². The lowest BCUT2D eigenvalue weighted by atomic mass is 10.00. The zero-order valence-electron chi connectivity index (χ0n) is 18.8. The lowest BCUT2D eigenvalue weighted by molar-refractivity contribution is 0.0267. The van der Waals surface area contributed by atoms with Gasteiger partial charge in [0.15, 0.2) is 0 Å². The summed E-state index contributed by atoms with van der Waals surface area (Å²) in [5, 5.41) is 16.1. The minimum Gasteiger partial charge on any atom is -0.388 e. The highest BCUT2D eigenvalue weighted by molar-refractivity contribution is 7.92. The molecule has 174 valence electrons. The fraction of sp³-hybridized carbons (Fsp3) is 0.591. The lowest BCUT2D eigenvalue weighted by Crippen LogP contribution is -2.42. The van der Waals surface area contributed by atoms with Gasteiger partial charge in [-0.2, -0.15) is 9.29 Å². The number of allylic oxidation sites excluding steroid dienone is 1. The van der Waals surface area contributed by atoms with Gasteiger partial charge in [0, 0.05) is 42.2 Å². The molecule has 2 aromatic rings. The Morgan fingerprint density at radius 3 is 2.59 bits per heavy atom. The number of hydrogen-bond acceptors (Lipinski definition) is 7. The summed E-state index contributed by atoms with van der Waals surface area (Å²) in [6.07, 6.45) is 5.16. The molecule has 2 aromatic heterocycles. The van der Waals surface area contributed by atoms with Crippen molar-refractivity contribution in [2.24, 2.45) is 0 Å². The maximum absolute atomic E-state index is 12.7. The van der Waals surface area contributed by atoms with E-state index in [4.69, 9.17) is 0 Å². The van der Waals surface area contributed by atoms with Crippen LogP contribution in [0, 0.1) is 0 Å². The van der Waals surface area contributed by atoms with Crippen molar-refractivity contribution in [1.82, 2.24) is 18.8 Å². The topological polar surface area (TPSA) is 117 Å². The monoisotopic (exact) mass is 461 g/mol. The summed E-state index contributed by atoms with van der Waals surface area (Å²) in [4.78, 5) is 21.8. The number of nitrogens with zero attached hydrogens (tertiary/aromatic N) is 4. The number of rotatable bonds is 5. The molecule has 2 fully saturated rings. The van der Waals surface area contributed by atoms with Gasteiger partial charge in [0.1, 0.15) is 5.65 Å². The van der Waals surface area contributed by atoms with Crippen molar-refractivity contribution in [2.45, 2.75) is 70.6 Å².